The lowest BCUT2D eigenvalue weighted by Gasteiger charge is -2.23. The van der Waals surface area contributed by atoms with Gasteiger partial charge in [-0.2, -0.15) is 8.42 Å². The maximum Gasteiger partial charge on any atom is 0.267 e. The quantitative estimate of drug-likeness (QED) is 0.561. The molecule has 66 valence electrons. The molecule has 1 aliphatic carbocycles. The van der Waals surface area contributed by atoms with E-state index in [2.05, 4.69) is 0 Å². The van der Waals surface area contributed by atoms with Crippen molar-refractivity contribution >= 4 is 10.1 Å². The lowest BCUT2D eigenvalue weighted by Crippen LogP contribution is -2.32. The van der Waals surface area contributed by atoms with E-state index in [1.54, 1.807) is 0 Å². The van der Waals surface area contributed by atoms with Gasteiger partial charge in [0.2, 0.25) is 0 Å². The van der Waals surface area contributed by atoms with Crippen LogP contribution in [0.1, 0.15) is 25.7 Å². The minimum absolute atomic E-state index is 0.119. The maximum absolute atomic E-state index is 10.6. The van der Waals surface area contributed by atoms with Crippen molar-refractivity contribution in [2.75, 3.05) is 0 Å². The van der Waals surface area contributed by atoms with E-state index in [0.29, 0.717) is 25.7 Å². The minimum atomic E-state index is -3.80. The van der Waals surface area contributed by atoms with Gasteiger partial charge in [-0.05, 0) is 25.7 Å². The molecular formula is C6H13NO3S. The number of rotatable bonds is 1. The second kappa shape index (κ2) is 3.08. The zero-order valence-corrected chi connectivity index (χ0v) is 7.05. The molecule has 0 aromatic carbocycles. The second-order valence-electron chi connectivity index (χ2n) is 3.05. The van der Waals surface area contributed by atoms with Crippen LogP contribution < -0.4 is 5.73 Å². The highest BCUT2D eigenvalue weighted by Gasteiger charge is 2.27. The van der Waals surface area contributed by atoms with E-state index in [1.807, 2.05) is 0 Å². The van der Waals surface area contributed by atoms with E-state index < -0.39 is 15.4 Å². The number of hydrogen-bond donors (Lipinski definition) is 2. The molecule has 0 spiro atoms. The lowest BCUT2D eigenvalue weighted by atomic mass is 9.96. The molecule has 0 atom stereocenters. The van der Waals surface area contributed by atoms with Crippen LogP contribution in [0.15, 0.2) is 0 Å². The monoisotopic (exact) mass is 179 g/mol. The predicted octanol–water partition coefficient (Wildman–Crippen LogP) is 0.144. The van der Waals surface area contributed by atoms with Crippen molar-refractivity contribution in [3.8, 4) is 0 Å². The summed E-state index contributed by atoms with van der Waals surface area (Å²) in [6.07, 6.45) is 2.40. The van der Waals surface area contributed by atoms with Crippen LogP contribution in [0.2, 0.25) is 0 Å². The minimum Gasteiger partial charge on any atom is -0.328 e. The Labute approximate surface area is 66.5 Å². The fourth-order valence-electron chi connectivity index (χ4n) is 1.39. The molecule has 0 aromatic heterocycles. The summed E-state index contributed by atoms with van der Waals surface area (Å²) in [4.78, 5) is 0. The van der Waals surface area contributed by atoms with Crippen molar-refractivity contribution in [2.45, 2.75) is 37.0 Å². The van der Waals surface area contributed by atoms with E-state index in [0.717, 1.165) is 0 Å². The van der Waals surface area contributed by atoms with Crippen LogP contribution >= 0.6 is 0 Å². The summed E-state index contributed by atoms with van der Waals surface area (Å²) in [5, 5.41) is -0.567. The lowest BCUT2D eigenvalue weighted by molar-refractivity contribution is 0.400. The highest BCUT2D eigenvalue weighted by molar-refractivity contribution is 7.86. The first-order valence-electron chi connectivity index (χ1n) is 3.72. The molecule has 11 heavy (non-hydrogen) atoms. The summed E-state index contributed by atoms with van der Waals surface area (Å²) >= 11 is 0. The molecular weight excluding hydrogens is 166 g/mol. The molecule has 4 nitrogen and oxygen atoms in total. The molecule has 3 N–H and O–H groups in total. The van der Waals surface area contributed by atoms with Gasteiger partial charge in [-0.3, -0.25) is 4.55 Å². The van der Waals surface area contributed by atoms with Crippen molar-refractivity contribution in [1.29, 1.82) is 0 Å². The molecule has 0 saturated heterocycles. The zero-order valence-electron chi connectivity index (χ0n) is 6.23. The van der Waals surface area contributed by atoms with E-state index in [1.165, 1.54) is 0 Å². The van der Waals surface area contributed by atoms with Gasteiger partial charge in [0.1, 0.15) is 0 Å². The van der Waals surface area contributed by atoms with Gasteiger partial charge in [-0.25, -0.2) is 0 Å². The third-order valence-corrected chi connectivity index (χ3v) is 3.45. The number of hydrogen-bond acceptors (Lipinski definition) is 3. The third kappa shape index (κ3) is 2.43. The first-order chi connectivity index (χ1) is 5.00. The van der Waals surface area contributed by atoms with Gasteiger partial charge >= 0.3 is 0 Å². The Morgan fingerprint density at radius 3 is 2.00 bits per heavy atom. The third-order valence-electron chi connectivity index (χ3n) is 2.14. The van der Waals surface area contributed by atoms with Crippen molar-refractivity contribution in [3.63, 3.8) is 0 Å². The van der Waals surface area contributed by atoms with Gasteiger partial charge in [0.25, 0.3) is 10.1 Å². The molecule has 0 aromatic rings. The van der Waals surface area contributed by atoms with Crippen LogP contribution in [0, 0.1) is 0 Å². The smallest absolute Gasteiger partial charge is 0.267 e. The summed E-state index contributed by atoms with van der Waals surface area (Å²) in [7, 11) is -3.80. The Hall–Kier alpha value is -0.130. The largest absolute Gasteiger partial charge is 0.328 e. The van der Waals surface area contributed by atoms with Gasteiger partial charge in [0, 0.05) is 6.04 Å². The van der Waals surface area contributed by atoms with Crippen molar-refractivity contribution in [1.82, 2.24) is 0 Å². The average Bonchev–Trinajstić information content (AvgIpc) is 1.86. The van der Waals surface area contributed by atoms with E-state index in [9.17, 15) is 8.42 Å². The van der Waals surface area contributed by atoms with Crippen LogP contribution in [0.3, 0.4) is 0 Å². The molecule has 0 aliphatic heterocycles. The van der Waals surface area contributed by atoms with E-state index in [4.69, 9.17) is 10.3 Å². The first kappa shape index (κ1) is 8.96. The molecule has 0 radical (unpaired) electrons. The van der Waals surface area contributed by atoms with Crippen LogP contribution in [-0.2, 0) is 10.1 Å². The van der Waals surface area contributed by atoms with Crippen LogP contribution in [-0.4, -0.2) is 24.3 Å². The highest BCUT2D eigenvalue weighted by Crippen LogP contribution is 2.22. The van der Waals surface area contributed by atoms with E-state index >= 15 is 0 Å². The van der Waals surface area contributed by atoms with Gasteiger partial charge in [0.05, 0.1) is 5.25 Å². The van der Waals surface area contributed by atoms with Crippen molar-refractivity contribution < 1.29 is 13.0 Å². The van der Waals surface area contributed by atoms with Crippen molar-refractivity contribution in [2.24, 2.45) is 5.73 Å². The van der Waals surface area contributed by atoms with Gasteiger partial charge < -0.3 is 5.73 Å². The zero-order chi connectivity index (χ0) is 8.48. The Morgan fingerprint density at radius 2 is 1.64 bits per heavy atom. The topological polar surface area (TPSA) is 80.4 Å². The Morgan fingerprint density at radius 1 is 1.18 bits per heavy atom. The Balaban J connectivity index is 2.53. The van der Waals surface area contributed by atoms with E-state index in [-0.39, 0.29) is 6.04 Å². The normalized spacial score (nSPS) is 33.6. The van der Waals surface area contributed by atoms with Gasteiger partial charge in [-0.1, -0.05) is 0 Å². The summed E-state index contributed by atoms with van der Waals surface area (Å²) < 4.78 is 29.9. The van der Waals surface area contributed by atoms with Gasteiger partial charge in [0.15, 0.2) is 0 Å². The molecule has 1 saturated carbocycles. The summed E-state index contributed by atoms with van der Waals surface area (Å²) in [5.41, 5.74) is 5.56. The molecule has 0 bridgehead atoms. The van der Waals surface area contributed by atoms with Crippen LogP contribution in [0.25, 0.3) is 0 Å². The molecule has 0 heterocycles. The molecule has 1 fully saturated rings. The van der Waals surface area contributed by atoms with Crippen LogP contribution in [0.4, 0.5) is 0 Å². The second-order valence-corrected chi connectivity index (χ2v) is 4.75. The molecule has 5 heteroatoms. The first-order valence-corrected chi connectivity index (χ1v) is 5.22. The molecule has 1 aliphatic rings. The summed E-state index contributed by atoms with van der Waals surface area (Å²) in [5.74, 6) is 0. The Bertz CT molecular complexity index is 216. The summed E-state index contributed by atoms with van der Waals surface area (Å²) in [6, 6.07) is 0.119. The molecule has 1 rings (SSSR count). The number of nitrogens with two attached hydrogens (primary N) is 1. The fourth-order valence-corrected chi connectivity index (χ4v) is 2.25. The highest BCUT2D eigenvalue weighted by atomic mass is 32.2. The SMILES string of the molecule is NC1CCC(S(=O)(=O)O)CC1. The Kier molecular flexibility index (Phi) is 2.51. The maximum atomic E-state index is 10.6. The predicted molar refractivity (Wildman–Crippen MR) is 41.8 cm³/mol. The molecule has 0 unspecified atom stereocenters. The summed E-state index contributed by atoms with van der Waals surface area (Å²) in [6.45, 7) is 0. The average molecular weight is 179 g/mol. The van der Waals surface area contributed by atoms with Crippen LogP contribution in [0.5, 0.6) is 0 Å². The van der Waals surface area contributed by atoms with Gasteiger partial charge in [-0.15, -0.1) is 0 Å². The molecule has 0 amide bonds. The fraction of sp³-hybridized carbons (Fsp3) is 1.00. The standard InChI is InChI=1S/C6H13NO3S/c7-5-1-3-6(4-2-5)11(8,9)10/h5-6H,1-4,7H2,(H,8,9,10). The van der Waals surface area contributed by atoms with Crippen molar-refractivity contribution in [3.05, 3.63) is 0 Å².